The van der Waals surface area contributed by atoms with Crippen LogP contribution in [0.4, 0.5) is 5.69 Å². The lowest BCUT2D eigenvalue weighted by molar-refractivity contribution is -0.131. The van der Waals surface area contributed by atoms with E-state index in [1.54, 1.807) is 24.1 Å². The summed E-state index contributed by atoms with van der Waals surface area (Å²) < 4.78 is 0. The molecule has 0 aliphatic rings. The van der Waals surface area contributed by atoms with Crippen LogP contribution in [0.3, 0.4) is 0 Å². The minimum atomic E-state index is -0.178. The van der Waals surface area contributed by atoms with Gasteiger partial charge in [-0.2, -0.15) is 0 Å². The van der Waals surface area contributed by atoms with Gasteiger partial charge in [-0.15, -0.1) is 11.3 Å². The second-order valence-corrected chi connectivity index (χ2v) is 9.19. The largest absolute Gasteiger partial charge is 0.339 e. The summed E-state index contributed by atoms with van der Waals surface area (Å²) in [6, 6.07) is 24.0. The molecule has 0 saturated heterocycles. The van der Waals surface area contributed by atoms with Crippen LogP contribution in [0.5, 0.6) is 0 Å². The van der Waals surface area contributed by atoms with Crippen molar-refractivity contribution in [3.05, 3.63) is 106 Å². The highest BCUT2D eigenvalue weighted by Crippen LogP contribution is 2.30. The van der Waals surface area contributed by atoms with E-state index in [1.165, 1.54) is 11.3 Å². The number of carbonyl (C=O) groups excluding carboxylic acids is 2. The van der Waals surface area contributed by atoms with Crippen molar-refractivity contribution in [3.8, 4) is 10.6 Å². The Kier molecular flexibility index (Phi) is 7.40. The summed E-state index contributed by atoms with van der Waals surface area (Å²) in [7, 11) is 1.78. The van der Waals surface area contributed by atoms with Crippen LogP contribution >= 0.6 is 22.9 Å². The maximum atomic E-state index is 13.0. The Hall–Kier alpha value is -3.48. The lowest BCUT2D eigenvalue weighted by Gasteiger charge is -2.25. The number of nitrogens with one attached hydrogen (secondary N) is 1. The maximum Gasteiger partial charge on any atom is 0.255 e. The minimum Gasteiger partial charge on any atom is -0.339 e. The zero-order chi connectivity index (χ0) is 24.1. The van der Waals surface area contributed by atoms with Gasteiger partial charge in [-0.05, 0) is 42.8 Å². The normalized spacial score (nSPS) is 11.6. The number of nitrogens with zero attached hydrogens (tertiary/aromatic N) is 2. The summed E-state index contributed by atoms with van der Waals surface area (Å²) in [6.07, 6.45) is 0.201. The van der Waals surface area contributed by atoms with E-state index in [0.717, 1.165) is 16.1 Å². The molecule has 34 heavy (non-hydrogen) atoms. The summed E-state index contributed by atoms with van der Waals surface area (Å²) in [5, 5.41) is 6.26. The molecular formula is C27H24ClN3O2S. The highest BCUT2D eigenvalue weighted by atomic mass is 35.5. The van der Waals surface area contributed by atoms with Crippen molar-refractivity contribution >= 4 is 40.4 Å². The van der Waals surface area contributed by atoms with Crippen molar-refractivity contribution in [2.75, 3.05) is 12.4 Å². The smallest absolute Gasteiger partial charge is 0.255 e. The number of aromatic nitrogens is 1. The average molecular weight is 490 g/mol. The fourth-order valence-electron chi connectivity index (χ4n) is 3.53. The molecule has 1 atom stereocenters. The molecule has 0 saturated carbocycles. The molecule has 5 nitrogen and oxygen atoms in total. The minimum absolute atomic E-state index is 0.0396. The molecular weight excluding hydrogens is 466 g/mol. The highest BCUT2D eigenvalue weighted by Gasteiger charge is 2.20. The molecule has 0 aliphatic carbocycles. The van der Waals surface area contributed by atoms with Crippen molar-refractivity contribution in [2.45, 2.75) is 19.4 Å². The molecule has 1 aromatic heterocycles. The molecule has 3 aromatic carbocycles. The average Bonchev–Trinajstić information content (AvgIpc) is 3.32. The van der Waals surface area contributed by atoms with Gasteiger partial charge in [-0.1, -0.05) is 60.1 Å². The van der Waals surface area contributed by atoms with Crippen molar-refractivity contribution in [1.29, 1.82) is 0 Å². The first-order valence-corrected chi connectivity index (χ1v) is 12.1. The predicted molar refractivity (Wildman–Crippen MR) is 138 cm³/mol. The standard InChI is InChI=1S/C27H24ClN3O2S/c1-18(20-11-8-12-21(15-20)29-26(33)19-9-4-3-5-10-19)31(2)25(32)16-22-17-34-27(30-22)23-13-6-7-14-24(23)28/h3-15,17-18H,16H2,1-2H3,(H,29,33)/t18-/m0/s1. The fourth-order valence-corrected chi connectivity index (χ4v) is 4.67. The molecule has 0 bridgehead atoms. The van der Waals surface area contributed by atoms with Crippen LogP contribution in [0.15, 0.2) is 84.2 Å². The Bertz CT molecular complexity index is 1310. The number of halogens is 1. The molecule has 2 amide bonds. The number of carbonyl (C=O) groups is 2. The molecule has 0 aliphatic heterocycles. The van der Waals surface area contributed by atoms with E-state index in [9.17, 15) is 9.59 Å². The molecule has 1 heterocycles. The summed E-state index contributed by atoms with van der Waals surface area (Å²) >= 11 is 7.75. The van der Waals surface area contributed by atoms with E-state index in [4.69, 9.17) is 11.6 Å². The molecule has 0 fully saturated rings. The third-order valence-corrected chi connectivity index (χ3v) is 6.88. The van der Waals surface area contributed by atoms with Crippen LogP contribution in [0, 0.1) is 0 Å². The van der Waals surface area contributed by atoms with Gasteiger partial charge in [-0.3, -0.25) is 9.59 Å². The number of hydrogen-bond donors (Lipinski definition) is 1. The number of benzene rings is 3. The van der Waals surface area contributed by atoms with Crippen LogP contribution in [-0.2, 0) is 11.2 Å². The van der Waals surface area contributed by atoms with Crippen molar-refractivity contribution < 1.29 is 9.59 Å². The molecule has 4 rings (SSSR count). The monoisotopic (exact) mass is 489 g/mol. The van der Waals surface area contributed by atoms with Gasteiger partial charge in [0.2, 0.25) is 5.91 Å². The Morgan fingerprint density at radius 3 is 2.53 bits per heavy atom. The summed E-state index contributed by atoms with van der Waals surface area (Å²) in [6.45, 7) is 1.96. The van der Waals surface area contributed by atoms with E-state index < -0.39 is 0 Å². The molecule has 172 valence electrons. The highest BCUT2D eigenvalue weighted by molar-refractivity contribution is 7.13. The van der Waals surface area contributed by atoms with Crippen molar-refractivity contribution in [2.24, 2.45) is 0 Å². The molecule has 1 N–H and O–H groups in total. The van der Waals surface area contributed by atoms with Crippen LogP contribution in [-0.4, -0.2) is 28.7 Å². The van der Waals surface area contributed by atoms with Crippen molar-refractivity contribution in [3.63, 3.8) is 0 Å². The first-order chi connectivity index (χ1) is 16.4. The third-order valence-electron chi connectivity index (χ3n) is 5.63. The summed E-state index contributed by atoms with van der Waals surface area (Å²) in [5.74, 6) is -0.213. The Morgan fingerprint density at radius 1 is 1.03 bits per heavy atom. The van der Waals surface area contributed by atoms with Gasteiger partial charge >= 0.3 is 0 Å². The lowest BCUT2D eigenvalue weighted by Crippen LogP contribution is -2.31. The van der Waals surface area contributed by atoms with Gasteiger partial charge in [0.25, 0.3) is 5.91 Å². The summed E-state index contributed by atoms with van der Waals surface area (Å²) in [5.41, 5.74) is 3.78. The van der Waals surface area contributed by atoms with Crippen LogP contribution < -0.4 is 5.32 Å². The Morgan fingerprint density at radius 2 is 1.76 bits per heavy atom. The number of rotatable bonds is 7. The van der Waals surface area contributed by atoms with Gasteiger partial charge in [0.05, 0.1) is 23.2 Å². The number of amides is 2. The number of likely N-dealkylation sites (N-methyl/N-ethyl adjacent to an activating group) is 1. The number of thiazole rings is 1. The molecule has 0 unspecified atom stereocenters. The van der Waals surface area contributed by atoms with Gasteiger partial charge in [0.1, 0.15) is 5.01 Å². The van der Waals surface area contributed by atoms with E-state index in [-0.39, 0.29) is 24.3 Å². The van der Waals surface area contributed by atoms with Gasteiger partial charge in [-0.25, -0.2) is 4.98 Å². The third kappa shape index (κ3) is 5.53. The molecule has 0 spiro atoms. The number of anilines is 1. The second-order valence-electron chi connectivity index (χ2n) is 7.93. The first-order valence-electron chi connectivity index (χ1n) is 10.8. The zero-order valence-electron chi connectivity index (χ0n) is 18.9. The van der Waals surface area contributed by atoms with Crippen LogP contribution in [0.2, 0.25) is 5.02 Å². The van der Waals surface area contributed by atoms with Crippen molar-refractivity contribution in [1.82, 2.24) is 9.88 Å². The molecule has 4 aromatic rings. The van der Waals surface area contributed by atoms with E-state index in [2.05, 4.69) is 10.3 Å². The van der Waals surface area contributed by atoms with Crippen LogP contribution in [0.1, 0.15) is 34.6 Å². The maximum absolute atomic E-state index is 13.0. The predicted octanol–water partition coefficient (Wildman–Crippen LogP) is 6.48. The first kappa shape index (κ1) is 23.7. The lowest BCUT2D eigenvalue weighted by atomic mass is 10.1. The van der Waals surface area contributed by atoms with Crippen LogP contribution in [0.25, 0.3) is 10.6 Å². The van der Waals surface area contributed by atoms with Gasteiger partial charge in [0.15, 0.2) is 0 Å². The topological polar surface area (TPSA) is 62.3 Å². The fraction of sp³-hybridized carbons (Fsp3) is 0.148. The SMILES string of the molecule is C[C@@H](c1cccc(NC(=O)c2ccccc2)c1)N(C)C(=O)Cc1csc(-c2ccccc2Cl)n1. The quantitative estimate of drug-likeness (QED) is 0.323. The van der Waals surface area contributed by atoms with Gasteiger partial charge < -0.3 is 10.2 Å². The van der Waals surface area contributed by atoms with E-state index in [0.29, 0.717) is 22.0 Å². The number of hydrogen-bond acceptors (Lipinski definition) is 4. The second kappa shape index (κ2) is 10.6. The van der Waals surface area contributed by atoms with E-state index >= 15 is 0 Å². The van der Waals surface area contributed by atoms with Gasteiger partial charge in [0, 0.05) is 29.2 Å². The zero-order valence-corrected chi connectivity index (χ0v) is 20.4. The Labute approximate surface area is 208 Å². The summed E-state index contributed by atoms with van der Waals surface area (Å²) in [4.78, 5) is 31.8. The van der Waals surface area contributed by atoms with E-state index in [1.807, 2.05) is 79.0 Å². The molecule has 7 heteroatoms. The Balaban J connectivity index is 1.42. The molecule has 0 radical (unpaired) electrons.